The number of nitrogens with zero attached hydrogens (tertiary/aromatic N) is 3. The molecule has 1 saturated carbocycles. The average Bonchev–Trinajstić information content (AvgIpc) is 3.23. The zero-order valence-electron chi connectivity index (χ0n) is 16.8. The molecular weight excluding hydrogens is 354 g/mol. The number of carbonyl (C=O) groups excluding carboxylic acids is 2. The molecule has 0 spiro atoms. The molecule has 1 aromatic rings. The van der Waals surface area contributed by atoms with Crippen molar-refractivity contribution in [3.8, 4) is 0 Å². The van der Waals surface area contributed by atoms with E-state index in [4.69, 9.17) is 0 Å². The zero-order chi connectivity index (χ0) is 19.5. The molecule has 1 unspecified atom stereocenters. The lowest BCUT2D eigenvalue weighted by molar-refractivity contribution is -0.135. The number of aryl methyl sites for hydroxylation is 2. The van der Waals surface area contributed by atoms with E-state index in [2.05, 4.69) is 25.5 Å². The number of hydrogen-bond acceptors (Lipinski definition) is 5. The fourth-order valence-electron chi connectivity index (χ4n) is 4.96. The third kappa shape index (κ3) is 4.19. The van der Waals surface area contributed by atoms with Crippen LogP contribution in [-0.2, 0) is 29.0 Å². The Morgan fingerprint density at radius 2 is 1.96 bits per heavy atom. The van der Waals surface area contributed by atoms with Crippen molar-refractivity contribution < 1.29 is 9.59 Å². The van der Waals surface area contributed by atoms with Crippen molar-refractivity contribution in [2.75, 3.05) is 13.1 Å². The number of fused-ring (bicyclic) bond motifs is 1. The molecule has 2 N–H and O–H groups in total. The van der Waals surface area contributed by atoms with E-state index < -0.39 is 0 Å². The van der Waals surface area contributed by atoms with Crippen LogP contribution >= 0.6 is 0 Å². The molecule has 0 radical (unpaired) electrons. The summed E-state index contributed by atoms with van der Waals surface area (Å²) in [6, 6.07) is 0.0820. The Bertz CT molecular complexity index is 745. The van der Waals surface area contributed by atoms with Gasteiger partial charge in [-0.15, -0.1) is 0 Å². The van der Waals surface area contributed by atoms with Crippen molar-refractivity contribution in [2.24, 2.45) is 0 Å². The van der Waals surface area contributed by atoms with Crippen LogP contribution in [0.2, 0.25) is 0 Å². The summed E-state index contributed by atoms with van der Waals surface area (Å²) in [6.45, 7) is 3.87. The van der Waals surface area contributed by atoms with Gasteiger partial charge in [-0.2, -0.15) is 0 Å². The van der Waals surface area contributed by atoms with Gasteiger partial charge in [0.25, 0.3) is 0 Å². The summed E-state index contributed by atoms with van der Waals surface area (Å²) in [5, 5.41) is 5.86. The maximum Gasteiger partial charge on any atom is 0.237 e. The standard InChI is InChI=1S/C21H31N5O2/c1-14-16-8-4-5-9-17(16)25-19(24-14)13-23-20(27)12-18-21(28)22-10-11-26(18)15-6-2-3-7-15/h15,18H,2-13H2,1H3,(H,22,28)(H,23,27). The highest BCUT2D eigenvalue weighted by Crippen LogP contribution is 2.27. The highest BCUT2D eigenvalue weighted by Gasteiger charge is 2.36. The second-order valence-corrected chi connectivity index (χ2v) is 8.32. The van der Waals surface area contributed by atoms with E-state index in [1.165, 1.54) is 31.2 Å². The Balaban J connectivity index is 1.37. The van der Waals surface area contributed by atoms with Crippen LogP contribution in [0.1, 0.15) is 67.7 Å². The minimum atomic E-state index is -0.358. The number of hydrogen-bond donors (Lipinski definition) is 2. The van der Waals surface area contributed by atoms with Crippen LogP contribution in [0.4, 0.5) is 0 Å². The average molecular weight is 386 g/mol. The fourth-order valence-corrected chi connectivity index (χ4v) is 4.96. The van der Waals surface area contributed by atoms with Gasteiger partial charge in [0.05, 0.1) is 19.0 Å². The van der Waals surface area contributed by atoms with E-state index in [-0.39, 0.29) is 24.3 Å². The number of rotatable bonds is 5. The van der Waals surface area contributed by atoms with Crippen LogP contribution in [0.25, 0.3) is 0 Å². The Morgan fingerprint density at radius 3 is 2.79 bits per heavy atom. The highest BCUT2D eigenvalue weighted by atomic mass is 16.2. The molecule has 0 bridgehead atoms. The molecule has 152 valence electrons. The molecule has 2 fully saturated rings. The topological polar surface area (TPSA) is 87.2 Å². The molecule has 0 aromatic carbocycles. The lowest BCUT2D eigenvalue weighted by Gasteiger charge is -2.38. The normalized spacial score (nSPS) is 23.3. The maximum absolute atomic E-state index is 12.6. The molecule has 7 heteroatoms. The molecule has 1 atom stereocenters. The van der Waals surface area contributed by atoms with Crippen molar-refractivity contribution in [1.82, 2.24) is 25.5 Å². The zero-order valence-corrected chi connectivity index (χ0v) is 16.8. The summed E-state index contributed by atoms with van der Waals surface area (Å²) in [4.78, 5) is 36.5. The lowest BCUT2D eigenvalue weighted by atomic mass is 9.95. The summed E-state index contributed by atoms with van der Waals surface area (Å²) in [5.74, 6) is 0.547. The molecule has 1 saturated heterocycles. The first-order valence-electron chi connectivity index (χ1n) is 10.8. The quantitative estimate of drug-likeness (QED) is 0.800. The maximum atomic E-state index is 12.6. The Labute approximate surface area is 166 Å². The van der Waals surface area contributed by atoms with Gasteiger partial charge in [-0.05, 0) is 51.0 Å². The Hall–Kier alpha value is -2.02. The molecular formula is C21H31N5O2. The van der Waals surface area contributed by atoms with Crippen molar-refractivity contribution in [2.45, 2.75) is 83.3 Å². The smallest absolute Gasteiger partial charge is 0.237 e. The van der Waals surface area contributed by atoms with Gasteiger partial charge in [0.1, 0.15) is 5.82 Å². The lowest BCUT2D eigenvalue weighted by Crippen LogP contribution is -2.59. The molecule has 7 nitrogen and oxygen atoms in total. The molecule has 3 aliphatic rings. The monoisotopic (exact) mass is 385 g/mol. The largest absolute Gasteiger partial charge is 0.353 e. The Kier molecular flexibility index (Phi) is 5.90. The SMILES string of the molecule is Cc1nc(CNC(=O)CC2C(=O)NCCN2C2CCCC2)nc2c1CCCC2. The number of aromatic nitrogens is 2. The van der Waals surface area contributed by atoms with Gasteiger partial charge >= 0.3 is 0 Å². The van der Waals surface area contributed by atoms with Crippen LogP contribution in [0.5, 0.6) is 0 Å². The van der Waals surface area contributed by atoms with Crippen LogP contribution in [0, 0.1) is 6.92 Å². The molecule has 28 heavy (non-hydrogen) atoms. The molecule has 4 rings (SSSR count). The van der Waals surface area contributed by atoms with Crippen molar-refractivity contribution in [1.29, 1.82) is 0 Å². The van der Waals surface area contributed by atoms with Crippen LogP contribution in [-0.4, -0.2) is 51.9 Å². The van der Waals surface area contributed by atoms with Gasteiger partial charge in [0.2, 0.25) is 11.8 Å². The minimum absolute atomic E-state index is 0.0193. The van der Waals surface area contributed by atoms with E-state index in [1.807, 2.05) is 6.92 Å². The van der Waals surface area contributed by atoms with Gasteiger partial charge in [-0.25, -0.2) is 9.97 Å². The van der Waals surface area contributed by atoms with Crippen LogP contribution in [0.15, 0.2) is 0 Å². The van der Waals surface area contributed by atoms with Gasteiger partial charge in [0, 0.05) is 30.5 Å². The first-order valence-corrected chi connectivity index (χ1v) is 10.8. The summed E-state index contributed by atoms with van der Waals surface area (Å²) < 4.78 is 0. The van der Waals surface area contributed by atoms with Crippen molar-refractivity contribution in [3.63, 3.8) is 0 Å². The molecule has 1 aromatic heterocycles. The third-order valence-corrected chi connectivity index (χ3v) is 6.42. The van der Waals surface area contributed by atoms with Crippen molar-refractivity contribution >= 4 is 11.8 Å². The van der Waals surface area contributed by atoms with E-state index in [9.17, 15) is 9.59 Å². The van der Waals surface area contributed by atoms with Gasteiger partial charge in [0.15, 0.2) is 0 Å². The number of carbonyl (C=O) groups is 2. The summed E-state index contributed by atoms with van der Waals surface area (Å²) >= 11 is 0. The van der Waals surface area contributed by atoms with E-state index in [0.29, 0.717) is 25.0 Å². The minimum Gasteiger partial charge on any atom is -0.353 e. The molecule has 2 aliphatic carbocycles. The summed E-state index contributed by atoms with van der Waals surface area (Å²) in [7, 11) is 0. The second kappa shape index (κ2) is 8.55. The molecule has 2 amide bonds. The van der Waals surface area contributed by atoms with Crippen molar-refractivity contribution in [3.05, 3.63) is 22.8 Å². The first-order chi connectivity index (χ1) is 13.6. The molecule has 1 aliphatic heterocycles. The number of amides is 2. The third-order valence-electron chi connectivity index (χ3n) is 6.42. The van der Waals surface area contributed by atoms with Gasteiger partial charge < -0.3 is 10.6 Å². The van der Waals surface area contributed by atoms with Gasteiger partial charge in [-0.3, -0.25) is 14.5 Å². The predicted molar refractivity (Wildman–Crippen MR) is 106 cm³/mol. The highest BCUT2D eigenvalue weighted by molar-refractivity contribution is 5.88. The first kappa shape index (κ1) is 19.3. The molecule has 2 heterocycles. The second-order valence-electron chi connectivity index (χ2n) is 8.32. The van der Waals surface area contributed by atoms with Gasteiger partial charge in [-0.1, -0.05) is 12.8 Å². The Morgan fingerprint density at radius 1 is 1.18 bits per heavy atom. The summed E-state index contributed by atoms with van der Waals surface area (Å²) in [5.41, 5.74) is 3.46. The van der Waals surface area contributed by atoms with Crippen LogP contribution in [0.3, 0.4) is 0 Å². The van der Waals surface area contributed by atoms with Crippen LogP contribution < -0.4 is 10.6 Å². The fraction of sp³-hybridized carbons (Fsp3) is 0.714. The van der Waals surface area contributed by atoms with E-state index in [1.54, 1.807) is 0 Å². The number of nitrogens with one attached hydrogen (secondary N) is 2. The van der Waals surface area contributed by atoms with E-state index >= 15 is 0 Å². The predicted octanol–water partition coefficient (Wildman–Crippen LogP) is 1.41. The van der Waals surface area contributed by atoms with E-state index in [0.717, 1.165) is 43.6 Å². The summed E-state index contributed by atoms with van der Waals surface area (Å²) in [6.07, 6.45) is 9.33. The number of piperazine rings is 1.